The highest BCUT2D eigenvalue weighted by atomic mass is 32.2. The Morgan fingerprint density at radius 2 is 1.31 bits per heavy atom. The first-order valence-corrected chi connectivity index (χ1v) is 26.5. The Bertz CT molecular complexity index is 3640. The third-order valence-electron chi connectivity index (χ3n) is 11.8. The maximum Gasteiger partial charge on any atom is 0.329 e. The van der Waals surface area contributed by atoms with Gasteiger partial charge < -0.3 is 14.5 Å². The fourth-order valence-electron chi connectivity index (χ4n) is 8.34. The number of hydrogen-bond acceptors (Lipinski definition) is 12. The molecule has 18 heteroatoms. The topological polar surface area (TPSA) is 84.5 Å². The van der Waals surface area contributed by atoms with Gasteiger partial charge in [-0.05, 0) is 43.3 Å². The number of esters is 1. The van der Waals surface area contributed by atoms with Crippen LogP contribution in [0.15, 0.2) is 133 Å². The lowest BCUT2D eigenvalue weighted by molar-refractivity contribution is -0.692. The summed E-state index contributed by atoms with van der Waals surface area (Å²) in [6.07, 6.45) is 6.08. The van der Waals surface area contributed by atoms with Crippen LogP contribution in [0.2, 0.25) is 0 Å². The SMILES string of the molecule is CCn1c(=O)/c(=C2\Sc3cc(F)ccc3N2C)s/c1=C\c1scc(C[C@H](C(=O)OC)n2c(=O)/c(=C3\Sc4cc(F)ccc4N3C)s/c2=C\c2scc[n+]2Cc2ccccc2)[n+]1Cc1ccccc1. The highest BCUT2D eigenvalue weighted by Crippen LogP contribution is 2.46. The van der Waals surface area contributed by atoms with Gasteiger partial charge in [0.2, 0.25) is 0 Å². The number of benzene rings is 4. The molecule has 10 rings (SSSR count). The summed E-state index contributed by atoms with van der Waals surface area (Å²) in [5, 5.41) is 7.09. The quantitative estimate of drug-likeness (QED) is 0.108. The van der Waals surface area contributed by atoms with E-state index in [0.717, 1.165) is 52.8 Å². The summed E-state index contributed by atoms with van der Waals surface area (Å²) in [5.74, 6) is -1.29. The number of rotatable bonds is 11. The molecular formula is C50H42F2N6O4S6+2. The molecule has 8 aromatic rings. The summed E-state index contributed by atoms with van der Waals surface area (Å²) in [6.45, 7) is 3.41. The lowest BCUT2D eigenvalue weighted by Gasteiger charge is -2.15. The number of aromatic nitrogens is 4. The highest BCUT2D eigenvalue weighted by molar-refractivity contribution is 8.09. The predicted molar refractivity (Wildman–Crippen MR) is 271 cm³/mol. The number of carbonyl (C=O) groups is 1. The van der Waals surface area contributed by atoms with Gasteiger partial charge in [-0.25, -0.2) is 13.6 Å². The van der Waals surface area contributed by atoms with E-state index in [2.05, 4.69) is 21.3 Å². The van der Waals surface area contributed by atoms with Gasteiger partial charge in [-0.2, -0.15) is 9.13 Å². The third kappa shape index (κ3) is 8.73. The molecule has 68 heavy (non-hydrogen) atoms. The van der Waals surface area contributed by atoms with Crippen molar-refractivity contribution in [2.45, 2.75) is 48.8 Å². The molecule has 0 amide bonds. The van der Waals surface area contributed by atoms with E-state index in [1.54, 1.807) is 21.3 Å². The van der Waals surface area contributed by atoms with Gasteiger partial charge in [0.25, 0.3) is 21.1 Å². The van der Waals surface area contributed by atoms with E-state index in [1.165, 1.54) is 100 Å². The summed E-state index contributed by atoms with van der Waals surface area (Å²) in [6, 6.07) is 28.2. The van der Waals surface area contributed by atoms with Crippen molar-refractivity contribution in [3.8, 4) is 0 Å². The smallest absolute Gasteiger partial charge is 0.329 e. The van der Waals surface area contributed by atoms with Gasteiger partial charge in [0.1, 0.15) is 46.1 Å². The van der Waals surface area contributed by atoms with Crippen LogP contribution >= 0.6 is 68.9 Å². The molecule has 0 N–H and O–H groups in total. The molecule has 2 aliphatic heterocycles. The molecule has 2 aliphatic rings. The van der Waals surface area contributed by atoms with Crippen molar-refractivity contribution in [3.63, 3.8) is 0 Å². The molecule has 10 nitrogen and oxygen atoms in total. The minimum absolute atomic E-state index is 0.101. The van der Waals surface area contributed by atoms with Crippen LogP contribution < -0.4 is 48.4 Å². The van der Waals surface area contributed by atoms with Crippen LogP contribution in [0.1, 0.15) is 39.8 Å². The molecule has 0 bridgehead atoms. The van der Waals surface area contributed by atoms with Gasteiger partial charge in [0.15, 0.2) is 25.0 Å². The van der Waals surface area contributed by atoms with Crippen LogP contribution in [-0.4, -0.2) is 36.3 Å². The average molecular weight is 1020 g/mol. The predicted octanol–water partition coefficient (Wildman–Crippen LogP) is 6.46. The molecule has 0 radical (unpaired) electrons. The Balaban J connectivity index is 1.13. The summed E-state index contributed by atoms with van der Waals surface area (Å²) >= 11 is 8.40. The zero-order valence-electron chi connectivity index (χ0n) is 37.1. The van der Waals surface area contributed by atoms with E-state index in [1.807, 2.05) is 108 Å². The van der Waals surface area contributed by atoms with Gasteiger partial charge in [-0.3, -0.25) is 18.7 Å². The monoisotopic (exact) mass is 1020 g/mol. The van der Waals surface area contributed by atoms with Gasteiger partial charge in [-0.1, -0.05) is 107 Å². The first-order chi connectivity index (χ1) is 33.0. The molecule has 0 saturated carbocycles. The fraction of sp³-hybridized carbons (Fsp3) is 0.180. The van der Waals surface area contributed by atoms with Crippen molar-refractivity contribution >= 4 is 108 Å². The number of methoxy groups -OCH3 is 1. The zero-order valence-corrected chi connectivity index (χ0v) is 42.0. The van der Waals surface area contributed by atoms with Crippen molar-refractivity contribution in [2.75, 3.05) is 31.0 Å². The summed E-state index contributed by atoms with van der Waals surface area (Å²) in [5.41, 5.74) is 4.03. The first-order valence-electron chi connectivity index (χ1n) is 21.5. The van der Waals surface area contributed by atoms with E-state index in [0.29, 0.717) is 43.3 Å². The molecule has 0 saturated heterocycles. The van der Waals surface area contributed by atoms with Crippen LogP contribution in [-0.2, 0) is 35.6 Å². The van der Waals surface area contributed by atoms with E-state index < -0.39 is 12.0 Å². The van der Waals surface area contributed by atoms with Crippen LogP contribution in [0.3, 0.4) is 0 Å². The molecule has 4 aromatic heterocycles. The standard InChI is InChI=1S/C50H42F2N6O4S6/c1-5-56-42(67-44(46(56)59)48-53(2)35-18-16-32(51)22-38(35)65-48)26-41-57(28-31-14-10-7-11-15-31)34(29-64-41)24-37(50(61)62-4)58-43(25-40-55(20-21-63-40)27-30-12-8-6-9-13-30)68-45(47(58)60)49-54(3)36-19-17-33(52)23-39(36)66-49/h6-23,25-26,29,37H,5,24,27-28H2,1-4H3/q+2/b48-44+,49-45+/t37-/m1/s1. The fourth-order valence-corrected chi connectivity index (χ4v) is 15.2. The molecular weight excluding hydrogens is 979 g/mol. The lowest BCUT2D eigenvalue weighted by atomic mass is 10.1. The number of carbonyl (C=O) groups excluding carboxylic acids is 1. The Morgan fingerprint density at radius 1 is 0.735 bits per heavy atom. The lowest BCUT2D eigenvalue weighted by Crippen LogP contribution is -2.45. The van der Waals surface area contributed by atoms with Crippen LogP contribution in [0.5, 0.6) is 0 Å². The molecule has 0 unspecified atom stereocenters. The number of fused-ring (bicyclic) bond motifs is 2. The van der Waals surface area contributed by atoms with Crippen LogP contribution in [0.4, 0.5) is 20.2 Å². The Labute approximate surface area is 413 Å². The molecule has 4 aromatic carbocycles. The normalized spacial score (nSPS) is 15.9. The molecule has 0 fully saturated rings. The third-order valence-corrected chi connectivity index (χ3v) is 18.5. The minimum atomic E-state index is -1.09. The number of anilines is 2. The van der Waals surface area contributed by atoms with Gasteiger partial charge >= 0.3 is 5.97 Å². The van der Waals surface area contributed by atoms with Crippen molar-refractivity contribution in [1.29, 1.82) is 0 Å². The Morgan fingerprint density at radius 3 is 1.91 bits per heavy atom. The van der Waals surface area contributed by atoms with Crippen LogP contribution in [0.25, 0.3) is 22.2 Å². The number of ether oxygens (including phenoxy) is 1. The molecule has 1 atom stereocenters. The highest BCUT2D eigenvalue weighted by Gasteiger charge is 2.34. The summed E-state index contributed by atoms with van der Waals surface area (Å²) in [7, 11) is 5.08. The van der Waals surface area contributed by atoms with Crippen LogP contribution in [0, 0.1) is 11.6 Å². The summed E-state index contributed by atoms with van der Waals surface area (Å²) < 4.78 is 44.2. The second-order valence-electron chi connectivity index (χ2n) is 15.9. The van der Waals surface area contributed by atoms with Crippen molar-refractivity contribution in [3.05, 3.63) is 192 Å². The zero-order chi connectivity index (χ0) is 47.2. The van der Waals surface area contributed by atoms with Gasteiger partial charge in [-0.15, -0.1) is 22.7 Å². The van der Waals surface area contributed by atoms with Crippen molar-refractivity contribution in [1.82, 2.24) is 9.13 Å². The minimum Gasteiger partial charge on any atom is -0.467 e. The summed E-state index contributed by atoms with van der Waals surface area (Å²) in [4.78, 5) is 49.0. The Hall–Kier alpha value is -5.89. The molecule has 0 aliphatic carbocycles. The van der Waals surface area contributed by atoms with E-state index >= 15 is 4.79 Å². The number of nitrogens with zero attached hydrogens (tertiary/aromatic N) is 6. The second kappa shape index (κ2) is 19.2. The Kier molecular flexibility index (Phi) is 13.0. The van der Waals surface area contributed by atoms with E-state index in [4.69, 9.17) is 4.74 Å². The number of thioether (sulfide) groups is 2. The molecule has 0 spiro atoms. The number of thiazole rings is 4. The van der Waals surface area contributed by atoms with Gasteiger partial charge in [0.05, 0.1) is 47.8 Å². The molecule has 344 valence electrons. The number of hydrogen-bond donors (Lipinski definition) is 0. The molecule has 6 heterocycles. The van der Waals surface area contributed by atoms with E-state index in [-0.39, 0.29) is 29.2 Å². The maximum absolute atomic E-state index is 15.2. The first kappa shape index (κ1) is 45.9. The number of halogens is 2. The second-order valence-corrected chi connectivity index (χ2v) is 21.9. The van der Waals surface area contributed by atoms with Crippen molar-refractivity contribution < 1.29 is 27.4 Å². The van der Waals surface area contributed by atoms with E-state index in [9.17, 15) is 18.4 Å². The average Bonchev–Trinajstić information content (AvgIpc) is 4.20. The van der Waals surface area contributed by atoms with Gasteiger partial charge in [0, 0.05) is 41.6 Å². The van der Waals surface area contributed by atoms with Crippen molar-refractivity contribution in [2.24, 2.45) is 0 Å². The largest absolute Gasteiger partial charge is 0.467 e. The maximum atomic E-state index is 15.2.